The molecule has 0 bridgehead atoms. The van der Waals surface area contributed by atoms with Gasteiger partial charge in [-0.1, -0.05) is 82.1 Å². The van der Waals surface area contributed by atoms with Crippen molar-refractivity contribution in [3.8, 4) is 29.9 Å². The number of H-pyrrole nitrogens is 1. The summed E-state index contributed by atoms with van der Waals surface area (Å²) < 4.78 is 56.5. The van der Waals surface area contributed by atoms with Gasteiger partial charge in [0.25, 0.3) is 5.56 Å². The van der Waals surface area contributed by atoms with E-state index >= 15 is 0 Å². The minimum absolute atomic E-state index is 0.0194. The number of aromatic nitrogens is 2. The Labute approximate surface area is 350 Å². The maximum atomic E-state index is 13.2. The minimum atomic E-state index is -4.36. The Hall–Kier alpha value is -4.20. The Morgan fingerprint density at radius 2 is 1.53 bits per heavy atom. The van der Waals surface area contributed by atoms with E-state index in [1.165, 1.54) is 30.2 Å². The standard InChI is InChI=1S/C41H44N3O12PS2/c1-5-23-51-34-26-58-59-27-35(34)55-57(47,53-24-9-21-42)56-37-33(54-39(38(37)50-4)44-22-20-36(45)43-40(44)46)25-52-41(28-10-7-6-8-11-28,29-12-16-31(48-2)17-13-29)30-14-18-32(49-3)19-15-30/h1,6-8,10-20,22,33-35,37-39,47H,9,23-27H2,2-4H3/p+1/t33-,34-,35-,37-,38-,39-,57?/m1/s1. The van der Waals surface area contributed by atoms with Crippen LogP contribution >= 0.6 is 29.8 Å². The van der Waals surface area contributed by atoms with Gasteiger partial charge in [0.15, 0.2) is 12.3 Å². The van der Waals surface area contributed by atoms with Crippen LogP contribution in [0.1, 0.15) is 29.3 Å². The van der Waals surface area contributed by atoms with Crippen LogP contribution in [0.3, 0.4) is 0 Å². The van der Waals surface area contributed by atoms with Crippen LogP contribution in [-0.2, 0) is 38.1 Å². The highest BCUT2D eigenvalue weighted by atomic mass is 33.1. The zero-order chi connectivity index (χ0) is 41.8. The average molecular weight is 867 g/mol. The Bertz CT molecular complexity index is 2120. The number of rotatable bonds is 19. The Kier molecular flexibility index (Phi) is 15.7. The van der Waals surface area contributed by atoms with Gasteiger partial charge in [-0.05, 0) is 41.0 Å². The maximum Gasteiger partial charge on any atom is 0.573 e. The molecule has 0 amide bonds. The predicted molar refractivity (Wildman–Crippen MR) is 223 cm³/mol. The van der Waals surface area contributed by atoms with Crippen molar-refractivity contribution in [2.75, 3.05) is 52.7 Å². The molecule has 0 aliphatic carbocycles. The predicted octanol–water partition coefficient (Wildman–Crippen LogP) is 5.26. The van der Waals surface area contributed by atoms with Crippen LogP contribution in [0.4, 0.5) is 0 Å². The van der Waals surface area contributed by atoms with Gasteiger partial charge in [-0.2, -0.15) is 14.7 Å². The van der Waals surface area contributed by atoms with Gasteiger partial charge in [0.1, 0.15) is 54.7 Å². The van der Waals surface area contributed by atoms with Crippen molar-refractivity contribution in [1.82, 2.24) is 9.55 Å². The van der Waals surface area contributed by atoms with Crippen molar-refractivity contribution in [3.63, 3.8) is 0 Å². The smallest absolute Gasteiger partial charge is 0.497 e. The third-order valence-electron chi connectivity index (χ3n) is 9.66. The Morgan fingerprint density at radius 1 is 0.898 bits per heavy atom. The third kappa shape index (κ3) is 10.4. The summed E-state index contributed by atoms with van der Waals surface area (Å²) >= 11 is 0. The van der Waals surface area contributed by atoms with Crippen molar-refractivity contribution in [3.05, 3.63) is 129 Å². The Morgan fingerprint density at radius 3 is 2.10 bits per heavy atom. The molecule has 3 aromatic carbocycles. The van der Waals surface area contributed by atoms with Crippen molar-refractivity contribution in [1.29, 1.82) is 5.26 Å². The first-order chi connectivity index (χ1) is 28.7. The molecular formula is C41H45N3O12PS2+. The lowest BCUT2D eigenvalue weighted by molar-refractivity contribution is -0.0993. The number of terminal acetylenes is 1. The second-order valence-electron chi connectivity index (χ2n) is 13.1. The van der Waals surface area contributed by atoms with Gasteiger partial charge in [0, 0.05) is 30.9 Å². The van der Waals surface area contributed by atoms with Crippen molar-refractivity contribution in [2.24, 2.45) is 0 Å². The van der Waals surface area contributed by atoms with E-state index in [1.54, 1.807) is 25.0 Å². The monoisotopic (exact) mass is 866 g/mol. The normalized spacial score (nSPS) is 22.8. The first-order valence-electron chi connectivity index (χ1n) is 18.5. The van der Waals surface area contributed by atoms with Gasteiger partial charge < -0.3 is 28.4 Å². The number of aromatic amines is 1. The van der Waals surface area contributed by atoms with Crippen LogP contribution in [0.5, 0.6) is 11.5 Å². The van der Waals surface area contributed by atoms with E-state index in [0.29, 0.717) is 23.0 Å². The number of nitrogens with one attached hydrogen (secondary N) is 1. The Balaban J connectivity index is 1.44. The number of benzene rings is 3. The largest absolute Gasteiger partial charge is 0.573 e. The summed E-state index contributed by atoms with van der Waals surface area (Å²) in [6, 6.07) is 27.7. The number of ether oxygens (including phenoxy) is 6. The lowest BCUT2D eigenvalue weighted by Gasteiger charge is -2.37. The summed E-state index contributed by atoms with van der Waals surface area (Å²) in [6.07, 6.45) is 0.811. The molecule has 18 heteroatoms. The van der Waals surface area contributed by atoms with Gasteiger partial charge in [-0.15, -0.1) is 15.5 Å². The van der Waals surface area contributed by atoms with Crippen LogP contribution < -0.4 is 20.7 Å². The molecule has 2 aliphatic heterocycles. The first-order valence-corrected chi connectivity index (χ1v) is 22.4. The molecular weight excluding hydrogens is 822 g/mol. The second-order valence-corrected chi connectivity index (χ2v) is 17.3. The fourth-order valence-electron chi connectivity index (χ4n) is 6.82. The van der Waals surface area contributed by atoms with E-state index in [9.17, 15) is 19.7 Å². The van der Waals surface area contributed by atoms with E-state index in [4.69, 9.17) is 48.4 Å². The topological polar surface area (TPSA) is 182 Å². The van der Waals surface area contributed by atoms with Gasteiger partial charge in [0.2, 0.25) is 0 Å². The zero-order valence-electron chi connectivity index (χ0n) is 32.5. The number of hydrogen-bond acceptors (Lipinski definition) is 15. The lowest BCUT2D eigenvalue weighted by Crippen LogP contribution is -2.43. The summed E-state index contributed by atoms with van der Waals surface area (Å²) in [4.78, 5) is 39.9. The summed E-state index contributed by atoms with van der Waals surface area (Å²) in [5, 5.41) is 9.37. The second kappa shape index (κ2) is 20.9. The highest BCUT2D eigenvalue weighted by molar-refractivity contribution is 8.76. The minimum Gasteiger partial charge on any atom is -0.497 e. The van der Waals surface area contributed by atoms with E-state index in [0.717, 1.165) is 21.3 Å². The van der Waals surface area contributed by atoms with E-state index in [1.807, 2.05) is 84.9 Å². The van der Waals surface area contributed by atoms with E-state index in [-0.39, 0.29) is 26.2 Å². The molecule has 312 valence electrons. The van der Waals surface area contributed by atoms with Gasteiger partial charge >= 0.3 is 13.9 Å². The molecule has 0 spiro atoms. The lowest BCUT2D eigenvalue weighted by atomic mass is 9.80. The van der Waals surface area contributed by atoms with Gasteiger partial charge in [-0.25, -0.2) is 4.79 Å². The number of nitrogens with zero attached hydrogens (tertiary/aromatic N) is 2. The molecule has 0 radical (unpaired) electrons. The molecule has 1 unspecified atom stereocenters. The van der Waals surface area contributed by atoms with Crippen LogP contribution in [0.15, 0.2) is 101 Å². The molecule has 6 rings (SSSR count). The molecule has 2 N–H and O–H groups in total. The first kappa shape index (κ1) is 44.4. The fraction of sp³-hybridized carbons (Fsp3) is 0.390. The highest BCUT2D eigenvalue weighted by Gasteiger charge is 2.59. The summed E-state index contributed by atoms with van der Waals surface area (Å²) in [6.45, 7) is -0.438. The summed E-state index contributed by atoms with van der Waals surface area (Å²) in [5.74, 6) is 4.64. The molecule has 15 nitrogen and oxygen atoms in total. The third-order valence-corrected chi connectivity index (χ3v) is 13.6. The van der Waals surface area contributed by atoms with Crippen molar-refractivity contribution < 1.29 is 46.9 Å². The van der Waals surface area contributed by atoms with Crippen LogP contribution in [0, 0.1) is 23.7 Å². The van der Waals surface area contributed by atoms with Crippen LogP contribution in [0.2, 0.25) is 0 Å². The molecule has 59 heavy (non-hydrogen) atoms. The molecule has 7 atom stereocenters. The molecule has 2 fully saturated rings. The van der Waals surface area contributed by atoms with Crippen LogP contribution in [-0.4, -0.2) is 97.6 Å². The summed E-state index contributed by atoms with van der Waals surface area (Å²) in [7, 11) is 3.29. The molecule has 0 saturated carbocycles. The van der Waals surface area contributed by atoms with Gasteiger partial charge in [0.05, 0.1) is 33.3 Å². The van der Waals surface area contributed by atoms with Crippen molar-refractivity contribution >= 4 is 29.8 Å². The SMILES string of the molecule is C#CCO[C@@H]1CSSC[C@H]1O[P+](O)(OCCC#N)O[C@H]1[C@@H](OC)[C@H](n2ccc(=O)[nH]c2=O)O[C@@H]1COC(c1ccccc1)(c1ccc(OC)cc1)c1ccc(OC)cc1. The quantitative estimate of drug-likeness (QED) is 0.0409. The average Bonchev–Trinajstić information content (AvgIpc) is 3.60. The fourth-order valence-corrected chi connectivity index (χ4v) is 11.0. The van der Waals surface area contributed by atoms with Gasteiger partial charge in [-0.3, -0.25) is 14.3 Å². The highest BCUT2D eigenvalue weighted by Crippen LogP contribution is 2.63. The molecule has 3 heterocycles. The number of nitriles is 1. The van der Waals surface area contributed by atoms with Crippen molar-refractivity contribution in [2.45, 2.75) is 48.8 Å². The number of hydrogen-bond donors (Lipinski definition) is 2. The maximum absolute atomic E-state index is 13.2. The number of methoxy groups -OCH3 is 3. The zero-order valence-corrected chi connectivity index (χ0v) is 35.1. The molecule has 2 aliphatic rings. The molecule has 4 aromatic rings. The molecule has 1 aromatic heterocycles. The summed E-state index contributed by atoms with van der Waals surface area (Å²) in [5.41, 5.74) is -0.439. The van der Waals surface area contributed by atoms with Crippen LogP contribution in [0.25, 0.3) is 0 Å². The molecule has 2 saturated heterocycles. The van der Waals surface area contributed by atoms with E-state index in [2.05, 4.69) is 10.9 Å². The van der Waals surface area contributed by atoms with E-state index < -0.39 is 61.8 Å².